The quantitative estimate of drug-likeness (QED) is 0.844. The van der Waals surface area contributed by atoms with E-state index in [0.717, 1.165) is 6.61 Å². The second-order valence-corrected chi connectivity index (χ2v) is 8.25. The van der Waals surface area contributed by atoms with Crippen molar-refractivity contribution < 1.29 is 9.47 Å². The fourth-order valence-corrected chi connectivity index (χ4v) is 6.21. The van der Waals surface area contributed by atoms with Crippen molar-refractivity contribution in [1.82, 2.24) is 5.32 Å². The van der Waals surface area contributed by atoms with Crippen molar-refractivity contribution in [2.24, 2.45) is 5.41 Å². The predicted molar refractivity (Wildman–Crippen MR) is 89.0 cm³/mol. The Bertz CT molecular complexity index is 353. The lowest BCUT2D eigenvalue weighted by molar-refractivity contribution is -0.134. The molecule has 3 aliphatic rings. The zero-order chi connectivity index (χ0) is 14.9. The van der Waals surface area contributed by atoms with E-state index in [1.165, 1.54) is 50.0 Å². The van der Waals surface area contributed by atoms with Crippen LogP contribution in [0.4, 0.5) is 0 Å². The van der Waals surface area contributed by atoms with Gasteiger partial charge in [-0.1, -0.05) is 13.8 Å². The number of ether oxygens (including phenoxy) is 2. The Kier molecular flexibility index (Phi) is 4.90. The summed E-state index contributed by atoms with van der Waals surface area (Å²) in [7, 11) is 1.88. The summed E-state index contributed by atoms with van der Waals surface area (Å²) in [5.74, 6) is 2.47. The van der Waals surface area contributed by atoms with Crippen LogP contribution in [-0.2, 0) is 9.47 Å². The van der Waals surface area contributed by atoms with Gasteiger partial charge < -0.3 is 14.8 Å². The molecular formula is C17H31NO2S. The third-order valence-electron chi connectivity index (χ3n) is 6.38. The molecule has 2 aliphatic heterocycles. The van der Waals surface area contributed by atoms with E-state index in [4.69, 9.17) is 9.47 Å². The molecule has 0 bridgehead atoms. The van der Waals surface area contributed by atoms with E-state index in [1.54, 1.807) is 0 Å². The minimum absolute atomic E-state index is 0.187. The fourth-order valence-electron chi connectivity index (χ4n) is 4.83. The summed E-state index contributed by atoms with van der Waals surface area (Å²) in [5.41, 5.74) is 0.538. The lowest BCUT2D eigenvalue weighted by Gasteiger charge is -2.57. The molecular weight excluding hydrogens is 282 g/mol. The Hall–Kier alpha value is 0.230. The molecule has 21 heavy (non-hydrogen) atoms. The molecule has 0 unspecified atom stereocenters. The van der Waals surface area contributed by atoms with Crippen LogP contribution in [0.3, 0.4) is 0 Å². The molecule has 1 saturated carbocycles. The Balaban J connectivity index is 1.61. The van der Waals surface area contributed by atoms with Gasteiger partial charge >= 0.3 is 0 Å². The van der Waals surface area contributed by atoms with Crippen molar-refractivity contribution >= 4 is 11.8 Å². The van der Waals surface area contributed by atoms with Crippen LogP contribution >= 0.6 is 11.8 Å². The van der Waals surface area contributed by atoms with Gasteiger partial charge in [0.05, 0.1) is 11.7 Å². The molecule has 4 atom stereocenters. The molecule has 4 heteroatoms. The van der Waals surface area contributed by atoms with Gasteiger partial charge in [-0.2, -0.15) is 11.8 Å². The van der Waals surface area contributed by atoms with Crippen LogP contribution in [0.25, 0.3) is 0 Å². The number of rotatable bonds is 5. The number of thioether (sulfide) groups is 1. The molecule has 122 valence electrons. The van der Waals surface area contributed by atoms with Crippen LogP contribution < -0.4 is 5.32 Å². The van der Waals surface area contributed by atoms with E-state index in [-0.39, 0.29) is 5.60 Å². The van der Waals surface area contributed by atoms with Gasteiger partial charge in [0.1, 0.15) is 0 Å². The summed E-state index contributed by atoms with van der Waals surface area (Å²) in [6.07, 6.45) is 7.67. The Labute approximate surface area is 133 Å². The highest BCUT2D eigenvalue weighted by molar-refractivity contribution is 7.99. The smallest absolute Gasteiger partial charge is 0.0795 e. The third-order valence-corrected chi connectivity index (χ3v) is 7.61. The van der Waals surface area contributed by atoms with Gasteiger partial charge in [-0.15, -0.1) is 0 Å². The topological polar surface area (TPSA) is 30.5 Å². The average molecular weight is 314 g/mol. The summed E-state index contributed by atoms with van der Waals surface area (Å²) in [5, 5.41) is 3.99. The van der Waals surface area contributed by atoms with E-state index in [9.17, 15) is 0 Å². The molecule has 0 radical (unpaired) electrons. The zero-order valence-corrected chi connectivity index (χ0v) is 14.6. The van der Waals surface area contributed by atoms with Crippen LogP contribution in [-0.4, -0.2) is 49.0 Å². The SMILES string of the molecule is CCC1(CC)[C@@H](OC)C[C@H]1N[C@@H]1CCO[C@@]2(CCSC2)C1. The fraction of sp³-hybridized carbons (Fsp3) is 1.00. The minimum atomic E-state index is 0.187. The standard InChI is InChI=1S/C17H31NO2S/c1-4-17(5-2)14(10-15(17)19-3)18-13-6-8-20-16(11-13)7-9-21-12-16/h13-15,18H,4-12H2,1-3H3/t13-,14-,15+,16+/m1/s1. The lowest BCUT2D eigenvalue weighted by atomic mass is 9.58. The molecule has 3 nitrogen and oxygen atoms in total. The first-order valence-corrected chi connectivity index (χ1v) is 9.84. The molecule has 2 saturated heterocycles. The molecule has 2 heterocycles. The molecule has 1 N–H and O–H groups in total. The second kappa shape index (κ2) is 6.38. The van der Waals surface area contributed by atoms with E-state index in [1.807, 2.05) is 7.11 Å². The highest BCUT2D eigenvalue weighted by Crippen LogP contribution is 2.49. The van der Waals surface area contributed by atoms with Gasteiger partial charge in [0.2, 0.25) is 0 Å². The highest BCUT2D eigenvalue weighted by Gasteiger charge is 2.54. The van der Waals surface area contributed by atoms with E-state index in [2.05, 4.69) is 30.9 Å². The van der Waals surface area contributed by atoms with Crippen molar-refractivity contribution in [2.75, 3.05) is 25.2 Å². The van der Waals surface area contributed by atoms with E-state index in [0.29, 0.717) is 23.6 Å². The monoisotopic (exact) mass is 313 g/mol. The van der Waals surface area contributed by atoms with E-state index < -0.39 is 0 Å². The Morgan fingerprint density at radius 1 is 1.33 bits per heavy atom. The molecule has 1 spiro atoms. The number of methoxy groups -OCH3 is 1. The summed E-state index contributed by atoms with van der Waals surface area (Å²) < 4.78 is 11.9. The average Bonchev–Trinajstić information content (AvgIpc) is 2.92. The van der Waals surface area contributed by atoms with Gasteiger partial charge in [-0.05, 0) is 44.3 Å². The molecule has 0 aromatic rings. The maximum Gasteiger partial charge on any atom is 0.0795 e. The molecule has 3 rings (SSSR count). The van der Waals surface area contributed by atoms with Crippen LogP contribution in [0.1, 0.15) is 52.4 Å². The zero-order valence-electron chi connectivity index (χ0n) is 13.8. The van der Waals surface area contributed by atoms with Crippen molar-refractivity contribution in [3.63, 3.8) is 0 Å². The van der Waals surface area contributed by atoms with E-state index >= 15 is 0 Å². The normalized spacial score (nSPS) is 42.1. The van der Waals surface area contributed by atoms with Crippen LogP contribution in [0.2, 0.25) is 0 Å². The first-order chi connectivity index (χ1) is 10.2. The van der Waals surface area contributed by atoms with Crippen LogP contribution in [0.5, 0.6) is 0 Å². The van der Waals surface area contributed by atoms with Crippen LogP contribution in [0, 0.1) is 5.41 Å². The van der Waals surface area contributed by atoms with Gasteiger partial charge in [0.25, 0.3) is 0 Å². The maximum atomic E-state index is 6.15. The minimum Gasteiger partial charge on any atom is -0.381 e. The first-order valence-electron chi connectivity index (χ1n) is 8.68. The summed E-state index contributed by atoms with van der Waals surface area (Å²) in [4.78, 5) is 0. The molecule has 0 amide bonds. The number of nitrogens with one attached hydrogen (secondary N) is 1. The van der Waals surface area contributed by atoms with Crippen LogP contribution in [0.15, 0.2) is 0 Å². The number of hydrogen-bond donors (Lipinski definition) is 1. The largest absolute Gasteiger partial charge is 0.381 e. The maximum absolute atomic E-state index is 6.15. The van der Waals surface area contributed by atoms with Crippen molar-refractivity contribution in [3.05, 3.63) is 0 Å². The Morgan fingerprint density at radius 2 is 2.14 bits per heavy atom. The summed E-state index contributed by atoms with van der Waals surface area (Å²) >= 11 is 2.06. The van der Waals surface area contributed by atoms with Crippen molar-refractivity contribution in [1.29, 1.82) is 0 Å². The van der Waals surface area contributed by atoms with Gasteiger partial charge in [0.15, 0.2) is 0 Å². The lowest BCUT2D eigenvalue weighted by Crippen LogP contribution is -2.66. The molecule has 0 aromatic carbocycles. The second-order valence-electron chi connectivity index (χ2n) is 7.14. The highest BCUT2D eigenvalue weighted by atomic mass is 32.2. The first kappa shape index (κ1) is 16.1. The van der Waals surface area contributed by atoms with Gasteiger partial charge in [-0.25, -0.2) is 0 Å². The van der Waals surface area contributed by atoms with Crippen molar-refractivity contribution in [3.8, 4) is 0 Å². The third kappa shape index (κ3) is 2.77. The predicted octanol–water partition coefficient (Wildman–Crippen LogP) is 3.22. The molecule has 0 aromatic heterocycles. The van der Waals surface area contributed by atoms with Crippen molar-refractivity contribution in [2.45, 2.75) is 76.2 Å². The summed E-state index contributed by atoms with van der Waals surface area (Å²) in [6.45, 7) is 5.58. The number of hydrogen-bond acceptors (Lipinski definition) is 4. The molecule has 1 aliphatic carbocycles. The summed E-state index contributed by atoms with van der Waals surface area (Å²) in [6, 6.07) is 1.27. The molecule has 3 fully saturated rings. The Morgan fingerprint density at radius 3 is 2.76 bits per heavy atom. The van der Waals surface area contributed by atoms with Gasteiger partial charge in [0, 0.05) is 37.0 Å². The van der Waals surface area contributed by atoms with Gasteiger partial charge in [-0.3, -0.25) is 0 Å².